The molecule has 0 fully saturated rings. The van der Waals surface area contributed by atoms with Gasteiger partial charge in [-0.2, -0.15) is 0 Å². The minimum absolute atomic E-state index is 0.0574. The Morgan fingerprint density at radius 1 is 1.05 bits per heavy atom. The highest BCUT2D eigenvalue weighted by molar-refractivity contribution is 14.1. The van der Waals surface area contributed by atoms with Gasteiger partial charge in [0.2, 0.25) is 0 Å². The molecule has 2 aromatic rings. The van der Waals surface area contributed by atoms with Gasteiger partial charge in [0.05, 0.1) is 19.8 Å². The van der Waals surface area contributed by atoms with Crippen molar-refractivity contribution in [2.45, 2.75) is 0 Å². The van der Waals surface area contributed by atoms with Gasteiger partial charge in [0, 0.05) is 15.2 Å². The van der Waals surface area contributed by atoms with Crippen LogP contribution in [-0.2, 0) is 0 Å². The summed E-state index contributed by atoms with van der Waals surface area (Å²) in [5, 5.41) is 0. The Bertz CT molecular complexity index is 608. The Morgan fingerprint density at radius 2 is 1.84 bits per heavy atom. The van der Waals surface area contributed by atoms with Gasteiger partial charge in [0.15, 0.2) is 5.78 Å². The van der Waals surface area contributed by atoms with E-state index in [1.165, 1.54) is 0 Å². The summed E-state index contributed by atoms with van der Waals surface area (Å²) in [6.07, 6.45) is 0. The minimum Gasteiger partial charge on any atom is -0.497 e. The Kier molecular flexibility index (Phi) is 4.42. The molecule has 0 radical (unpaired) electrons. The molecule has 2 aromatic carbocycles. The zero-order chi connectivity index (χ0) is 13.8. The maximum Gasteiger partial charge on any atom is 0.196 e. The van der Waals surface area contributed by atoms with Crippen LogP contribution in [0.4, 0.5) is 0 Å². The molecule has 0 aliphatic carbocycles. The Labute approximate surface area is 125 Å². The lowest BCUT2D eigenvalue weighted by molar-refractivity contribution is 0.103. The lowest BCUT2D eigenvalue weighted by atomic mass is 10.0. The average molecular weight is 368 g/mol. The molecule has 2 rings (SSSR count). The summed E-state index contributed by atoms with van der Waals surface area (Å²) in [6, 6.07) is 12.7. The van der Waals surface area contributed by atoms with E-state index in [-0.39, 0.29) is 5.78 Å². The second kappa shape index (κ2) is 6.06. The van der Waals surface area contributed by atoms with Crippen molar-refractivity contribution in [3.8, 4) is 11.5 Å². The topological polar surface area (TPSA) is 35.5 Å². The lowest BCUT2D eigenvalue weighted by Crippen LogP contribution is -2.04. The van der Waals surface area contributed by atoms with E-state index >= 15 is 0 Å². The molecular formula is C15H13IO3. The Hall–Kier alpha value is -1.56. The lowest BCUT2D eigenvalue weighted by Gasteiger charge is -2.09. The van der Waals surface area contributed by atoms with Crippen molar-refractivity contribution in [3.63, 3.8) is 0 Å². The first-order valence-electron chi connectivity index (χ1n) is 5.68. The molecule has 0 unspecified atom stereocenters. The third-order valence-electron chi connectivity index (χ3n) is 2.74. The molecule has 0 bridgehead atoms. The van der Waals surface area contributed by atoms with Crippen LogP contribution < -0.4 is 9.47 Å². The molecule has 0 spiro atoms. The van der Waals surface area contributed by atoms with Gasteiger partial charge in [0.25, 0.3) is 0 Å². The second-order valence-electron chi connectivity index (χ2n) is 3.91. The number of benzene rings is 2. The maximum atomic E-state index is 12.5. The summed E-state index contributed by atoms with van der Waals surface area (Å²) in [5.41, 5.74) is 1.18. The van der Waals surface area contributed by atoms with E-state index in [1.54, 1.807) is 38.5 Å². The molecule has 0 saturated carbocycles. The van der Waals surface area contributed by atoms with E-state index in [2.05, 4.69) is 22.6 Å². The molecule has 0 heterocycles. The van der Waals surface area contributed by atoms with Gasteiger partial charge in [-0.05, 0) is 46.9 Å². The number of methoxy groups -OCH3 is 2. The highest BCUT2D eigenvalue weighted by atomic mass is 127. The van der Waals surface area contributed by atoms with Crippen LogP contribution in [0, 0.1) is 3.57 Å². The van der Waals surface area contributed by atoms with Gasteiger partial charge >= 0.3 is 0 Å². The van der Waals surface area contributed by atoms with Gasteiger partial charge in [-0.15, -0.1) is 0 Å². The van der Waals surface area contributed by atoms with Crippen molar-refractivity contribution in [2.75, 3.05) is 14.2 Å². The molecule has 0 N–H and O–H groups in total. The Balaban J connectivity index is 2.44. The zero-order valence-corrected chi connectivity index (χ0v) is 12.8. The van der Waals surface area contributed by atoms with Crippen molar-refractivity contribution in [2.24, 2.45) is 0 Å². The standard InChI is InChI=1S/C15H13IO3/c1-18-12-6-7-13(14(9-12)19-2)15(17)10-4-3-5-11(16)8-10/h3-9H,1-2H3. The Morgan fingerprint density at radius 3 is 2.47 bits per heavy atom. The van der Waals surface area contributed by atoms with Gasteiger partial charge in [0.1, 0.15) is 11.5 Å². The largest absolute Gasteiger partial charge is 0.497 e. The van der Waals surface area contributed by atoms with E-state index in [4.69, 9.17) is 9.47 Å². The molecule has 3 nitrogen and oxygen atoms in total. The number of hydrogen-bond donors (Lipinski definition) is 0. The van der Waals surface area contributed by atoms with Gasteiger partial charge in [-0.25, -0.2) is 0 Å². The fraction of sp³-hybridized carbons (Fsp3) is 0.133. The van der Waals surface area contributed by atoms with E-state index in [1.807, 2.05) is 18.2 Å². The predicted molar refractivity (Wildman–Crippen MR) is 82.1 cm³/mol. The molecule has 19 heavy (non-hydrogen) atoms. The molecule has 0 atom stereocenters. The number of ether oxygens (including phenoxy) is 2. The van der Waals surface area contributed by atoms with Crippen LogP contribution in [0.2, 0.25) is 0 Å². The number of ketones is 1. The monoisotopic (exact) mass is 368 g/mol. The highest BCUT2D eigenvalue weighted by Crippen LogP contribution is 2.27. The smallest absolute Gasteiger partial charge is 0.196 e. The molecule has 0 aliphatic heterocycles. The highest BCUT2D eigenvalue weighted by Gasteiger charge is 2.15. The molecule has 0 amide bonds. The number of carbonyl (C=O) groups is 1. The normalized spacial score (nSPS) is 10.1. The van der Waals surface area contributed by atoms with E-state index < -0.39 is 0 Å². The van der Waals surface area contributed by atoms with Crippen LogP contribution in [-0.4, -0.2) is 20.0 Å². The van der Waals surface area contributed by atoms with Crippen molar-refractivity contribution in [1.82, 2.24) is 0 Å². The number of halogens is 1. The molecule has 0 saturated heterocycles. The third kappa shape index (κ3) is 3.07. The van der Waals surface area contributed by atoms with E-state index in [0.717, 1.165) is 3.57 Å². The average Bonchev–Trinajstić information content (AvgIpc) is 2.45. The van der Waals surface area contributed by atoms with Gasteiger partial charge in [-0.3, -0.25) is 4.79 Å². The summed E-state index contributed by atoms with van der Waals surface area (Å²) in [4.78, 5) is 12.5. The fourth-order valence-electron chi connectivity index (χ4n) is 1.77. The molecule has 0 aliphatic rings. The van der Waals surface area contributed by atoms with Crippen LogP contribution in [0.3, 0.4) is 0 Å². The number of rotatable bonds is 4. The third-order valence-corrected chi connectivity index (χ3v) is 3.41. The summed E-state index contributed by atoms with van der Waals surface area (Å²) in [7, 11) is 3.12. The maximum absolute atomic E-state index is 12.5. The van der Waals surface area contributed by atoms with Crippen molar-refractivity contribution in [3.05, 3.63) is 57.2 Å². The van der Waals surface area contributed by atoms with Crippen molar-refractivity contribution in [1.29, 1.82) is 0 Å². The van der Waals surface area contributed by atoms with E-state index in [9.17, 15) is 4.79 Å². The summed E-state index contributed by atoms with van der Waals surface area (Å²) >= 11 is 2.18. The molecule has 0 aromatic heterocycles. The number of carbonyl (C=O) groups excluding carboxylic acids is 1. The van der Waals surface area contributed by atoms with Crippen molar-refractivity contribution >= 4 is 28.4 Å². The van der Waals surface area contributed by atoms with E-state index in [0.29, 0.717) is 22.6 Å². The first-order chi connectivity index (χ1) is 9.15. The molecule has 4 heteroatoms. The van der Waals surface area contributed by atoms with Crippen LogP contribution >= 0.6 is 22.6 Å². The quantitative estimate of drug-likeness (QED) is 0.612. The van der Waals surface area contributed by atoms with Crippen LogP contribution in [0.15, 0.2) is 42.5 Å². The second-order valence-corrected chi connectivity index (χ2v) is 5.15. The zero-order valence-electron chi connectivity index (χ0n) is 10.6. The SMILES string of the molecule is COc1ccc(C(=O)c2cccc(I)c2)c(OC)c1. The van der Waals surface area contributed by atoms with Crippen molar-refractivity contribution < 1.29 is 14.3 Å². The fourth-order valence-corrected chi connectivity index (χ4v) is 2.31. The minimum atomic E-state index is -0.0574. The molecular weight excluding hydrogens is 355 g/mol. The first kappa shape index (κ1) is 13.9. The predicted octanol–water partition coefficient (Wildman–Crippen LogP) is 3.54. The molecule has 98 valence electrons. The van der Waals surface area contributed by atoms with Gasteiger partial charge in [-0.1, -0.05) is 12.1 Å². The number of hydrogen-bond acceptors (Lipinski definition) is 3. The van der Waals surface area contributed by atoms with Crippen LogP contribution in [0.25, 0.3) is 0 Å². The van der Waals surface area contributed by atoms with Gasteiger partial charge < -0.3 is 9.47 Å². The van der Waals surface area contributed by atoms with Crippen LogP contribution in [0.5, 0.6) is 11.5 Å². The summed E-state index contributed by atoms with van der Waals surface area (Å²) in [5.74, 6) is 1.12. The first-order valence-corrected chi connectivity index (χ1v) is 6.76. The summed E-state index contributed by atoms with van der Waals surface area (Å²) < 4.78 is 11.4. The van der Waals surface area contributed by atoms with Crippen LogP contribution in [0.1, 0.15) is 15.9 Å². The summed E-state index contributed by atoms with van der Waals surface area (Å²) in [6.45, 7) is 0.